The van der Waals surface area contributed by atoms with Crippen LogP contribution in [0, 0.1) is 27.7 Å². The summed E-state index contributed by atoms with van der Waals surface area (Å²) >= 11 is 0. The van der Waals surface area contributed by atoms with Crippen LogP contribution in [0.2, 0.25) is 0 Å². The molecule has 4 N–H and O–H groups in total. The second kappa shape index (κ2) is 8.87. The molecule has 0 atom stereocenters. The molecule has 0 fully saturated rings. The molecule has 1 aliphatic heterocycles. The van der Waals surface area contributed by atoms with Crippen molar-refractivity contribution in [3.8, 4) is 0 Å². The highest BCUT2D eigenvalue weighted by Crippen LogP contribution is 2.35. The zero-order chi connectivity index (χ0) is 29.7. The highest BCUT2D eigenvalue weighted by Gasteiger charge is 2.18. The van der Waals surface area contributed by atoms with Gasteiger partial charge in [0.1, 0.15) is 45.2 Å². The van der Waals surface area contributed by atoms with E-state index in [2.05, 4.69) is 84.0 Å². The maximum atomic E-state index is 5.25. The standard InChI is InChI=1S/C36H28N8/c1-17-18(2)20(4)28-27(19(17)3)35-42-33-25-15-9-7-13-23(25)31(40-33)38-29-21-11-5-6-12-22(21)30(37-29)39-32-24-14-8-10-16-26(24)34(41-32)43-36(28)44-35/h5-16H,1-4H3,(H4,37,38,39,40,41,42,43,44). The monoisotopic (exact) mass is 572 g/mol. The second-order valence-electron chi connectivity index (χ2n) is 11.6. The molecule has 8 heteroatoms. The van der Waals surface area contributed by atoms with Crippen LogP contribution in [0.4, 0.5) is 23.3 Å². The first kappa shape index (κ1) is 24.8. The molecule has 8 aromatic rings. The number of fused-ring (bicyclic) bond motifs is 20. The van der Waals surface area contributed by atoms with E-state index in [-0.39, 0.29) is 0 Å². The Balaban J connectivity index is 1.53. The largest absolute Gasteiger partial charge is 0.324 e. The molecule has 0 spiro atoms. The van der Waals surface area contributed by atoms with Crippen molar-refractivity contribution in [3.05, 3.63) is 117 Å². The minimum Gasteiger partial charge on any atom is -0.324 e. The summed E-state index contributed by atoms with van der Waals surface area (Å²) in [6.07, 6.45) is 0. The van der Waals surface area contributed by atoms with E-state index < -0.39 is 0 Å². The molecule has 0 radical (unpaired) electrons. The van der Waals surface area contributed by atoms with Crippen molar-refractivity contribution in [2.45, 2.75) is 27.7 Å². The van der Waals surface area contributed by atoms with Crippen molar-refractivity contribution >= 4 is 66.4 Å². The minimum absolute atomic E-state index is 0.732. The molecule has 4 aromatic heterocycles. The van der Waals surface area contributed by atoms with Crippen molar-refractivity contribution in [3.63, 3.8) is 0 Å². The van der Waals surface area contributed by atoms with Crippen molar-refractivity contribution in [2.24, 2.45) is 20.0 Å². The SMILES string of the molecule is Cc1c(C)c(C)c2c3[nH]c(c2c1C)=Nc1[nH]c(c2ccccc12)N=c1[nH]c(c2ccccc12)=Nc1[nH]c(c2ccccc12)N=3. The van der Waals surface area contributed by atoms with Gasteiger partial charge in [0, 0.05) is 43.1 Å². The normalized spacial score (nSPS) is 12.8. The molecule has 0 saturated carbocycles. The fourth-order valence-electron chi connectivity index (χ4n) is 6.71. The average molecular weight is 573 g/mol. The lowest BCUT2D eigenvalue weighted by Crippen LogP contribution is -2.10. The summed E-state index contributed by atoms with van der Waals surface area (Å²) in [5.74, 6) is 2.95. The molecule has 8 bridgehead atoms. The van der Waals surface area contributed by atoms with Gasteiger partial charge in [-0.1, -0.05) is 72.8 Å². The third-order valence-corrected chi connectivity index (χ3v) is 9.31. The number of benzene rings is 4. The number of aryl methyl sites for hydroxylation is 2. The van der Waals surface area contributed by atoms with Crippen LogP contribution in [0.25, 0.3) is 43.1 Å². The zero-order valence-electron chi connectivity index (χ0n) is 24.7. The number of nitrogens with zero attached hydrogens (tertiary/aromatic N) is 4. The Morgan fingerprint density at radius 1 is 0.341 bits per heavy atom. The summed E-state index contributed by atoms with van der Waals surface area (Å²) in [4.78, 5) is 35.0. The highest BCUT2D eigenvalue weighted by atomic mass is 15.1. The highest BCUT2D eigenvalue weighted by molar-refractivity contribution is 6.01. The van der Waals surface area contributed by atoms with Crippen molar-refractivity contribution in [1.82, 2.24) is 19.9 Å². The van der Waals surface area contributed by atoms with Gasteiger partial charge in [-0.25, -0.2) is 20.0 Å². The maximum absolute atomic E-state index is 5.25. The van der Waals surface area contributed by atoms with E-state index in [1.165, 1.54) is 22.3 Å². The summed E-state index contributed by atoms with van der Waals surface area (Å²) in [5.41, 5.74) is 7.89. The molecule has 1 aliphatic rings. The number of aromatic amines is 4. The molecule has 5 heterocycles. The van der Waals surface area contributed by atoms with Gasteiger partial charge in [-0.05, 0) is 49.9 Å². The molecule has 8 nitrogen and oxygen atoms in total. The van der Waals surface area contributed by atoms with Gasteiger partial charge < -0.3 is 19.9 Å². The lowest BCUT2D eigenvalue weighted by atomic mass is 9.94. The molecule has 212 valence electrons. The van der Waals surface area contributed by atoms with Gasteiger partial charge in [0.05, 0.1) is 0 Å². The quantitative estimate of drug-likeness (QED) is 0.151. The van der Waals surface area contributed by atoms with Crippen LogP contribution in [-0.4, -0.2) is 19.9 Å². The Morgan fingerprint density at radius 3 is 1.00 bits per heavy atom. The average Bonchev–Trinajstić information content (AvgIpc) is 3.78. The van der Waals surface area contributed by atoms with Gasteiger partial charge in [-0.2, -0.15) is 0 Å². The van der Waals surface area contributed by atoms with Gasteiger partial charge in [0.15, 0.2) is 0 Å². The maximum Gasteiger partial charge on any atom is 0.142 e. The topological polar surface area (TPSA) is 113 Å². The fourth-order valence-corrected chi connectivity index (χ4v) is 6.71. The number of hydrogen-bond acceptors (Lipinski definition) is 4. The van der Waals surface area contributed by atoms with E-state index in [4.69, 9.17) is 20.0 Å². The van der Waals surface area contributed by atoms with Gasteiger partial charge in [0.2, 0.25) is 0 Å². The predicted molar refractivity (Wildman–Crippen MR) is 175 cm³/mol. The molecular formula is C36H28N8. The Bertz CT molecular complexity index is 2580. The predicted octanol–water partition coefficient (Wildman–Crippen LogP) is 6.96. The van der Waals surface area contributed by atoms with Crippen LogP contribution in [0.5, 0.6) is 0 Å². The van der Waals surface area contributed by atoms with Gasteiger partial charge in [-0.3, -0.25) is 0 Å². The summed E-state index contributed by atoms with van der Waals surface area (Å²) in [5, 5.41) is 8.11. The number of rotatable bonds is 0. The first-order valence-electron chi connectivity index (χ1n) is 14.8. The summed E-state index contributed by atoms with van der Waals surface area (Å²) in [6, 6.07) is 24.7. The van der Waals surface area contributed by atoms with Gasteiger partial charge in [0.25, 0.3) is 0 Å². The van der Waals surface area contributed by atoms with Crippen LogP contribution in [0.3, 0.4) is 0 Å². The molecule has 9 rings (SSSR count). The van der Waals surface area contributed by atoms with Crippen molar-refractivity contribution in [1.29, 1.82) is 0 Å². The first-order valence-corrected chi connectivity index (χ1v) is 14.8. The molecule has 0 saturated heterocycles. The minimum atomic E-state index is 0.732. The Morgan fingerprint density at radius 2 is 0.636 bits per heavy atom. The van der Waals surface area contributed by atoms with Crippen LogP contribution in [0.1, 0.15) is 22.3 Å². The van der Waals surface area contributed by atoms with Crippen molar-refractivity contribution in [2.75, 3.05) is 0 Å². The van der Waals surface area contributed by atoms with Crippen molar-refractivity contribution < 1.29 is 0 Å². The molecular weight excluding hydrogens is 544 g/mol. The van der Waals surface area contributed by atoms with E-state index in [1.54, 1.807) is 0 Å². The zero-order valence-corrected chi connectivity index (χ0v) is 24.7. The number of H-pyrrole nitrogens is 4. The molecule has 0 amide bonds. The van der Waals surface area contributed by atoms with E-state index in [9.17, 15) is 0 Å². The smallest absolute Gasteiger partial charge is 0.142 e. The van der Waals surface area contributed by atoms with E-state index in [0.717, 1.165) is 88.3 Å². The lowest BCUT2D eigenvalue weighted by molar-refractivity contribution is 1.08. The number of aromatic nitrogens is 4. The number of hydrogen-bond donors (Lipinski definition) is 4. The molecule has 0 aliphatic carbocycles. The first-order chi connectivity index (χ1) is 21.5. The Kier molecular flexibility index (Phi) is 5.00. The number of nitrogens with one attached hydrogen (secondary N) is 4. The second-order valence-corrected chi connectivity index (χ2v) is 11.6. The van der Waals surface area contributed by atoms with Crippen LogP contribution >= 0.6 is 0 Å². The van der Waals surface area contributed by atoms with E-state index in [0.29, 0.717) is 0 Å². The Hall–Kier alpha value is -5.76. The molecule has 4 aromatic carbocycles. The lowest BCUT2D eigenvalue weighted by Gasteiger charge is -2.10. The van der Waals surface area contributed by atoms with Gasteiger partial charge >= 0.3 is 0 Å². The van der Waals surface area contributed by atoms with Crippen LogP contribution in [0.15, 0.2) is 92.8 Å². The molecule has 0 unspecified atom stereocenters. The van der Waals surface area contributed by atoms with E-state index in [1.807, 2.05) is 36.4 Å². The third kappa shape index (κ3) is 3.39. The summed E-state index contributed by atoms with van der Waals surface area (Å²) < 4.78 is 0. The fraction of sp³-hybridized carbons (Fsp3) is 0.111. The third-order valence-electron chi connectivity index (χ3n) is 9.31. The van der Waals surface area contributed by atoms with Gasteiger partial charge in [-0.15, -0.1) is 0 Å². The van der Waals surface area contributed by atoms with Crippen LogP contribution in [-0.2, 0) is 0 Å². The van der Waals surface area contributed by atoms with Crippen LogP contribution < -0.4 is 22.0 Å². The Labute approximate surface area is 250 Å². The molecule has 44 heavy (non-hydrogen) atoms. The summed E-state index contributed by atoms with van der Waals surface area (Å²) in [6.45, 7) is 8.71. The summed E-state index contributed by atoms with van der Waals surface area (Å²) in [7, 11) is 0. The van der Waals surface area contributed by atoms with E-state index >= 15 is 0 Å².